The van der Waals surface area contributed by atoms with E-state index in [-0.39, 0.29) is 22.4 Å². The van der Waals surface area contributed by atoms with Crippen LogP contribution in [0, 0.1) is 0 Å². The molecule has 8 nitrogen and oxygen atoms in total. The molecule has 0 aliphatic carbocycles. The van der Waals surface area contributed by atoms with Gasteiger partial charge in [0.15, 0.2) is 12.4 Å². The number of carbonyl (C=O) groups is 3. The first kappa shape index (κ1) is 23.6. The van der Waals surface area contributed by atoms with Crippen LogP contribution >= 0.6 is 0 Å². The first-order valence-electron chi connectivity index (χ1n) is 10.3. The van der Waals surface area contributed by atoms with E-state index in [2.05, 4.69) is 31.4 Å². The average molecular weight is 450 g/mol. The van der Waals surface area contributed by atoms with E-state index in [9.17, 15) is 14.4 Å². The van der Waals surface area contributed by atoms with Crippen LogP contribution in [0.4, 0.5) is 11.4 Å². The zero-order valence-corrected chi connectivity index (χ0v) is 18.9. The number of methoxy groups -OCH3 is 1. The maximum atomic E-state index is 12.6. The van der Waals surface area contributed by atoms with Gasteiger partial charge < -0.3 is 24.5 Å². The van der Waals surface area contributed by atoms with Gasteiger partial charge in [-0.2, -0.15) is 0 Å². The second-order valence-corrected chi connectivity index (χ2v) is 8.27. The molecule has 3 rings (SSSR count). The van der Waals surface area contributed by atoms with Crippen molar-refractivity contribution in [3.05, 3.63) is 77.7 Å². The molecule has 2 aromatic carbocycles. The molecule has 0 spiro atoms. The van der Waals surface area contributed by atoms with Crippen LogP contribution in [0.2, 0.25) is 0 Å². The molecule has 2 N–H and O–H groups in total. The van der Waals surface area contributed by atoms with Gasteiger partial charge in [0.05, 0.1) is 30.3 Å². The van der Waals surface area contributed by atoms with Crippen LogP contribution in [0.3, 0.4) is 0 Å². The molecule has 0 aliphatic heterocycles. The van der Waals surface area contributed by atoms with Crippen molar-refractivity contribution in [2.24, 2.45) is 0 Å². The highest BCUT2D eigenvalue weighted by atomic mass is 16.5. The van der Waals surface area contributed by atoms with Gasteiger partial charge in [0.1, 0.15) is 5.75 Å². The highest BCUT2D eigenvalue weighted by Crippen LogP contribution is 2.31. The maximum absolute atomic E-state index is 12.6. The lowest BCUT2D eigenvalue weighted by Gasteiger charge is -2.21. The first-order valence-corrected chi connectivity index (χ1v) is 10.3. The summed E-state index contributed by atoms with van der Waals surface area (Å²) in [7, 11) is 1.51. The lowest BCUT2D eigenvalue weighted by atomic mass is 9.87. The van der Waals surface area contributed by atoms with Gasteiger partial charge >= 0.3 is 5.97 Å². The van der Waals surface area contributed by atoms with Crippen molar-refractivity contribution < 1.29 is 28.3 Å². The number of hydrogen-bond acceptors (Lipinski definition) is 6. The normalized spacial score (nSPS) is 10.9. The molecule has 172 valence electrons. The van der Waals surface area contributed by atoms with Gasteiger partial charge in [0, 0.05) is 0 Å². The van der Waals surface area contributed by atoms with E-state index < -0.39 is 24.4 Å². The van der Waals surface area contributed by atoms with Crippen molar-refractivity contribution in [2.75, 3.05) is 24.4 Å². The van der Waals surface area contributed by atoms with Crippen LogP contribution in [0.1, 0.15) is 47.2 Å². The zero-order chi connectivity index (χ0) is 24.0. The van der Waals surface area contributed by atoms with E-state index in [1.807, 2.05) is 12.1 Å². The van der Waals surface area contributed by atoms with Gasteiger partial charge in [0.25, 0.3) is 11.8 Å². The molecule has 0 aliphatic rings. The van der Waals surface area contributed by atoms with E-state index >= 15 is 0 Å². The minimum Gasteiger partial charge on any atom is -0.495 e. The van der Waals surface area contributed by atoms with Crippen molar-refractivity contribution in [3.63, 3.8) is 0 Å². The van der Waals surface area contributed by atoms with E-state index in [0.29, 0.717) is 11.4 Å². The van der Waals surface area contributed by atoms with Crippen LogP contribution < -0.4 is 15.4 Å². The summed E-state index contributed by atoms with van der Waals surface area (Å²) in [5, 5.41) is 5.33. The minimum atomic E-state index is -0.754. The first-order chi connectivity index (χ1) is 15.7. The summed E-state index contributed by atoms with van der Waals surface area (Å²) >= 11 is 0. The highest BCUT2D eigenvalue weighted by molar-refractivity contribution is 6.07. The fourth-order valence-corrected chi connectivity index (χ4v) is 3.03. The number of amides is 2. The quantitative estimate of drug-likeness (QED) is 0.508. The average Bonchev–Trinajstić information content (AvgIpc) is 3.32. The van der Waals surface area contributed by atoms with Crippen LogP contribution in [0.15, 0.2) is 65.3 Å². The Morgan fingerprint density at radius 1 is 0.939 bits per heavy atom. The highest BCUT2D eigenvalue weighted by Gasteiger charge is 2.19. The van der Waals surface area contributed by atoms with Crippen LogP contribution in [-0.4, -0.2) is 31.5 Å². The Morgan fingerprint density at radius 2 is 1.70 bits per heavy atom. The Morgan fingerprint density at radius 3 is 2.36 bits per heavy atom. The molecule has 0 radical (unpaired) electrons. The third kappa shape index (κ3) is 6.00. The molecule has 1 aromatic heterocycles. The molecule has 0 bridgehead atoms. The SMILES string of the molecule is COc1ccc(C(C)(C)C)cc1NC(=O)COC(=O)c1ccccc1NC(=O)c1ccco1. The van der Waals surface area contributed by atoms with E-state index in [4.69, 9.17) is 13.9 Å². The number of carbonyl (C=O) groups excluding carboxylic acids is 3. The largest absolute Gasteiger partial charge is 0.495 e. The Bertz CT molecular complexity index is 1150. The van der Waals surface area contributed by atoms with E-state index in [1.54, 1.807) is 30.3 Å². The zero-order valence-electron chi connectivity index (χ0n) is 18.9. The molecule has 0 fully saturated rings. The second-order valence-electron chi connectivity index (χ2n) is 8.27. The molecular formula is C25H26N2O6. The van der Waals surface area contributed by atoms with Crippen molar-refractivity contribution in [2.45, 2.75) is 26.2 Å². The van der Waals surface area contributed by atoms with Gasteiger partial charge in [-0.1, -0.05) is 39.0 Å². The monoisotopic (exact) mass is 450 g/mol. The maximum Gasteiger partial charge on any atom is 0.340 e. The van der Waals surface area contributed by atoms with Crippen LogP contribution in [0.5, 0.6) is 5.75 Å². The summed E-state index contributed by atoms with van der Waals surface area (Å²) in [5.74, 6) is -1.19. The Kier molecular flexibility index (Phi) is 7.17. The lowest BCUT2D eigenvalue weighted by molar-refractivity contribution is -0.119. The topological polar surface area (TPSA) is 107 Å². The predicted octanol–water partition coefficient (Wildman–Crippen LogP) is 4.63. The van der Waals surface area contributed by atoms with Crippen molar-refractivity contribution in [1.82, 2.24) is 0 Å². The molecule has 2 amide bonds. The van der Waals surface area contributed by atoms with Gasteiger partial charge in [-0.25, -0.2) is 4.79 Å². The Hall–Kier alpha value is -4.07. The summed E-state index contributed by atoms with van der Waals surface area (Å²) in [6, 6.07) is 15.0. The molecule has 8 heteroatoms. The van der Waals surface area contributed by atoms with Crippen molar-refractivity contribution >= 4 is 29.2 Å². The third-order valence-corrected chi connectivity index (χ3v) is 4.81. The number of esters is 1. The molecule has 0 saturated heterocycles. The smallest absolute Gasteiger partial charge is 0.340 e. The number of rotatable bonds is 7. The number of hydrogen-bond donors (Lipinski definition) is 2. The fourth-order valence-electron chi connectivity index (χ4n) is 3.03. The van der Waals surface area contributed by atoms with E-state index in [1.165, 1.54) is 25.5 Å². The molecule has 0 saturated carbocycles. The number of furan rings is 1. The lowest BCUT2D eigenvalue weighted by Crippen LogP contribution is -2.22. The predicted molar refractivity (Wildman–Crippen MR) is 124 cm³/mol. The van der Waals surface area contributed by atoms with Gasteiger partial charge in [-0.3, -0.25) is 9.59 Å². The summed E-state index contributed by atoms with van der Waals surface area (Å²) < 4.78 is 15.6. The molecule has 3 aromatic rings. The van der Waals surface area contributed by atoms with Crippen LogP contribution in [0.25, 0.3) is 0 Å². The second kappa shape index (κ2) is 10.0. The summed E-state index contributed by atoms with van der Waals surface area (Å²) in [6.45, 7) is 5.67. The summed E-state index contributed by atoms with van der Waals surface area (Å²) in [6.07, 6.45) is 1.37. The van der Waals surface area contributed by atoms with Gasteiger partial charge in [0.2, 0.25) is 0 Å². The summed E-state index contributed by atoms with van der Waals surface area (Å²) in [4.78, 5) is 37.3. The van der Waals surface area contributed by atoms with Gasteiger partial charge in [-0.15, -0.1) is 0 Å². The molecule has 0 atom stereocenters. The van der Waals surface area contributed by atoms with Crippen molar-refractivity contribution in [1.29, 1.82) is 0 Å². The standard InChI is InChI=1S/C25H26N2O6/c1-25(2,3)16-11-12-20(31-4)19(14-16)26-22(28)15-33-24(30)17-8-5-6-9-18(17)27-23(29)21-10-7-13-32-21/h5-14H,15H2,1-4H3,(H,26,28)(H,27,29). The third-order valence-electron chi connectivity index (χ3n) is 4.81. The van der Waals surface area contributed by atoms with Crippen molar-refractivity contribution in [3.8, 4) is 5.75 Å². The Balaban J connectivity index is 1.66. The number of benzene rings is 2. The van der Waals surface area contributed by atoms with Gasteiger partial charge in [-0.05, 0) is 47.4 Å². The molecular weight excluding hydrogens is 424 g/mol. The molecule has 0 unspecified atom stereocenters. The number of anilines is 2. The molecule has 1 heterocycles. The minimum absolute atomic E-state index is 0.101. The number of nitrogens with one attached hydrogen (secondary N) is 2. The van der Waals surface area contributed by atoms with Crippen LogP contribution in [-0.2, 0) is 14.9 Å². The molecule has 33 heavy (non-hydrogen) atoms. The number of ether oxygens (including phenoxy) is 2. The fraction of sp³-hybridized carbons (Fsp3) is 0.240. The summed E-state index contributed by atoms with van der Waals surface area (Å²) in [5.41, 5.74) is 1.72. The van der Waals surface area contributed by atoms with E-state index in [0.717, 1.165) is 5.56 Å². The Labute approximate surface area is 191 Å². The number of para-hydroxylation sites is 1.